The number of carbonyl (C=O) groups is 1. The number of fused-ring (bicyclic) bond motifs is 1. The Hall–Kier alpha value is -3.31. The average molecular weight is 407 g/mol. The first-order valence-corrected chi connectivity index (χ1v) is 9.46. The molecule has 0 saturated carbocycles. The molecule has 4 aromatic rings. The van der Waals surface area contributed by atoms with Crippen LogP contribution in [0.3, 0.4) is 0 Å². The van der Waals surface area contributed by atoms with Crippen LogP contribution in [0.1, 0.15) is 21.5 Å². The number of aromatic nitrogens is 1. The van der Waals surface area contributed by atoms with Crippen molar-refractivity contribution < 1.29 is 13.9 Å². The number of anilines is 1. The number of nitrogens with one attached hydrogen (secondary N) is 1. The fraction of sp³-hybridized carbons (Fsp3) is 0.130. The minimum absolute atomic E-state index is 0.308. The number of hydrogen-bond donors (Lipinski definition) is 1. The van der Waals surface area contributed by atoms with Crippen molar-refractivity contribution in [3.8, 4) is 17.2 Å². The fourth-order valence-electron chi connectivity index (χ4n) is 3.20. The molecule has 1 heterocycles. The number of amides is 1. The first-order valence-electron chi connectivity index (χ1n) is 9.08. The Bertz CT molecular complexity index is 1230. The number of methoxy groups -OCH3 is 1. The van der Waals surface area contributed by atoms with Crippen LogP contribution in [-0.2, 0) is 0 Å². The highest BCUT2D eigenvalue weighted by atomic mass is 35.5. The molecule has 146 valence electrons. The normalized spacial score (nSPS) is 10.9. The molecule has 0 aliphatic rings. The van der Waals surface area contributed by atoms with E-state index in [4.69, 9.17) is 20.8 Å². The third-order valence-corrected chi connectivity index (χ3v) is 5.00. The summed E-state index contributed by atoms with van der Waals surface area (Å²) in [7, 11) is 1.54. The maximum atomic E-state index is 12.8. The van der Waals surface area contributed by atoms with Crippen molar-refractivity contribution >= 4 is 34.3 Å². The van der Waals surface area contributed by atoms with E-state index in [1.54, 1.807) is 25.3 Å². The molecule has 6 heteroatoms. The molecule has 4 rings (SSSR count). The molecule has 0 unspecified atom stereocenters. The van der Waals surface area contributed by atoms with Crippen LogP contribution >= 0.6 is 11.6 Å². The number of carbonyl (C=O) groups excluding carboxylic acids is 1. The minimum atomic E-state index is -0.308. The highest BCUT2D eigenvalue weighted by molar-refractivity contribution is 6.34. The van der Waals surface area contributed by atoms with Gasteiger partial charge in [0, 0.05) is 5.56 Å². The van der Waals surface area contributed by atoms with Gasteiger partial charge in [-0.15, -0.1) is 0 Å². The van der Waals surface area contributed by atoms with Gasteiger partial charge in [-0.05, 0) is 61.4 Å². The van der Waals surface area contributed by atoms with Crippen molar-refractivity contribution in [2.45, 2.75) is 13.8 Å². The second-order valence-corrected chi connectivity index (χ2v) is 7.20. The molecule has 29 heavy (non-hydrogen) atoms. The summed E-state index contributed by atoms with van der Waals surface area (Å²) in [5.74, 6) is 0.690. The van der Waals surface area contributed by atoms with E-state index >= 15 is 0 Å². The largest absolute Gasteiger partial charge is 0.496 e. The molecule has 0 radical (unpaired) electrons. The lowest BCUT2D eigenvalue weighted by Gasteiger charge is -2.12. The van der Waals surface area contributed by atoms with Crippen LogP contribution < -0.4 is 10.1 Å². The molecular weight excluding hydrogens is 388 g/mol. The van der Waals surface area contributed by atoms with E-state index in [0.29, 0.717) is 33.5 Å². The number of ether oxygens (including phenoxy) is 1. The van der Waals surface area contributed by atoms with Crippen molar-refractivity contribution in [3.63, 3.8) is 0 Å². The van der Waals surface area contributed by atoms with Crippen LogP contribution in [0.4, 0.5) is 5.69 Å². The van der Waals surface area contributed by atoms with Crippen LogP contribution in [0, 0.1) is 13.8 Å². The number of benzene rings is 3. The van der Waals surface area contributed by atoms with E-state index in [0.717, 1.165) is 22.2 Å². The summed E-state index contributed by atoms with van der Waals surface area (Å²) in [6, 6.07) is 16.5. The van der Waals surface area contributed by atoms with E-state index in [1.165, 1.54) is 0 Å². The third-order valence-electron chi connectivity index (χ3n) is 4.67. The van der Waals surface area contributed by atoms with Gasteiger partial charge >= 0.3 is 0 Å². The monoisotopic (exact) mass is 406 g/mol. The van der Waals surface area contributed by atoms with E-state index < -0.39 is 0 Å². The number of halogens is 1. The Balaban J connectivity index is 1.68. The third kappa shape index (κ3) is 3.69. The summed E-state index contributed by atoms with van der Waals surface area (Å²) in [4.78, 5) is 17.4. The summed E-state index contributed by atoms with van der Waals surface area (Å²) >= 11 is 6.32. The Morgan fingerprint density at radius 2 is 1.93 bits per heavy atom. The van der Waals surface area contributed by atoms with Crippen LogP contribution in [-0.4, -0.2) is 18.0 Å². The van der Waals surface area contributed by atoms with Crippen LogP contribution in [0.15, 0.2) is 59.0 Å². The zero-order valence-corrected chi connectivity index (χ0v) is 17.0. The SMILES string of the molecule is COc1c(C)cccc1C(=O)Nc1cc(-c2nc3ccc(C)cc3o2)ccc1Cl. The summed E-state index contributed by atoms with van der Waals surface area (Å²) < 4.78 is 11.3. The van der Waals surface area contributed by atoms with Crippen LogP contribution in [0.5, 0.6) is 5.75 Å². The Morgan fingerprint density at radius 1 is 1.10 bits per heavy atom. The molecule has 1 aromatic heterocycles. The second-order valence-electron chi connectivity index (χ2n) is 6.79. The topological polar surface area (TPSA) is 64.4 Å². The summed E-state index contributed by atoms with van der Waals surface area (Å²) in [6.07, 6.45) is 0. The highest BCUT2D eigenvalue weighted by Gasteiger charge is 2.17. The first-order chi connectivity index (χ1) is 14.0. The van der Waals surface area contributed by atoms with Gasteiger partial charge in [-0.2, -0.15) is 0 Å². The molecule has 0 aliphatic carbocycles. The number of hydrogen-bond acceptors (Lipinski definition) is 4. The molecule has 3 aromatic carbocycles. The van der Waals surface area contributed by atoms with Crippen molar-refractivity contribution in [1.82, 2.24) is 4.98 Å². The minimum Gasteiger partial charge on any atom is -0.496 e. The van der Waals surface area contributed by atoms with Gasteiger partial charge in [-0.3, -0.25) is 4.79 Å². The van der Waals surface area contributed by atoms with E-state index in [9.17, 15) is 4.79 Å². The number of aryl methyl sites for hydroxylation is 2. The predicted molar refractivity (Wildman–Crippen MR) is 115 cm³/mol. The molecule has 0 fully saturated rings. The fourth-order valence-corrected chi connectivity index (χ4v) is 3.37. The van der Waals surface area contributed by atoms with Gasteiger partial charge in [0.15, 0.2) is 5.58 Å². The summed E-state index contributed by atoms with van der Waals surface area (Å²) in [5.41, 5.74) is 5.08. The lowest BCUT2D eigenvalue weighted by atomic mass is 10.1. The molecular formula is C23H19ClN2O3. The molecule has 0 bridgehead atoms. The van der Waals surface area contributed by atoms with Gasteiger partial charge in [0.05, 0.1) is 23.4 Å². The van der Waals surface area contributed by atoms with Crippen molar-refractivity contribution in [2.24, 2.45) is 0 Å². The van der Waals surface area contributed by atoms with Crippen LogP contribution in [0.25, 0.3) is 22.6 Å². The summed E-state index contributed by atoms with van der Waals surface area (Å²) in [5, 5.41) is 3.28. The number of oxazole rings is 1. The Labute approximate surface area is 173 Å². The zero-order valence-electron chi connectivity index (χ0n) is 16.2. The number of nitrogens with zero attached hydrogens (tertiary/aromatic N) is 1. The average Bonchev–Trinajstić information content (AvgIpc) is 3.12. The van der Waals surface area contributed by atoms with Crippen molar-refractivity contribution in [1.29, 1.82) is 0 Å². The van der Waals surface area contributed by atoms with Gasteiger partial charge < -0.3 is 14.5 Å². The lowest BCUT2D eigenvalue weighted by molar-refractivity contribution is 0.102. The molecule has 1 amide bonds. The molecule has 0 spiro atoms. The van der Waals surface area contributed by atoms with E-state index in [-0.39, 0.29) is 5.91 Å². The van der Waals surface area contributed by atoms with E-state index in [2.05, 4.69) is 10.3 Å². The first kappa shape index (κ1) is 19.0. The van der Waals surface area contributed by atoms with Gasteiger partial charge in [0.25, 0.3) is 5.91 Å². The number of rotatable bonds is 4. The summed E-state index contributed by atoms with van der Waals surface area (Å²) in [6.45, 7) is 3.88. The lowest BCUT2D eigenvalue weighted by Crippen LogP contribution is -2.14. The van der Waals surface area contributed by atoms with Gasteiger partial charge in [-0.1, -0.05) is 29.8 Å². The molecule has 1 N–H and O–H groups in total. The van der Waals surface area contributed by atoms with Gasteiger partial charge in [0.2, 0.25) is 5.89 Å². The molecule has 5 nitrogen and oxygen atoms in total. The predicted octanol–water partition coefficient (Wildman–Crippen LogP) is 6.03. The smallest absolute Gasteiger partial charge is 0.259 e. The van der Waals surface area contributed by atoms with Crippen molar-refractivity contribution in [2.75, 3.05) is 12.4 Å². The van der Waals surface area contributed by atoms with Crippen LogP contribution in [0.2, 0.25) is 5.02 Å². The molecule has 0 atom stereocenters. The van der Waals surface area contributed by atoms with Crippen molar-refractivity contribution in [3.05, 3.63) is 76.3 Å². The second kappa shape index (κ2) is 7.60. The molecule has 0 saturated heterocycles. The van der Waals surface area contributed by atoms with E-state index in [1.807, 2.05) is 50.2 Å². The highest BCUT2D eigenvalue weighted by Crippen LogP contribution is 2.32. The maximum Gasteiger partial charge on any atom is 0.259 e. The Morgan fingerprint density at radius 3 is 2.72 bits per heavy atom. The Kier molecular flexibility index (Phi) is 4.99. The number of para-hydroxylation sites is 1. The molecule has 0 aliphatic heterocycles. The maximum absolute atomic E-state index is 12.8. The standard InChI is InChI=1S/C23H19ClN2O3/c1-13-7-10-18-20(11-13)29-23(26-18)15-8-9-17(24)19(12-15)25-22(27)16-6-4-5-14(2)21(16)28-3/h4-12H,1-3H3,(H,25,27). The quantitative estimate of drug-likeness (QED) is 0.449. The van der Waals surface area contributed by atoms with Gasteiger partial charge in [0.1, 0.15) is 11.3 Å². The van der Waals surface area contributed by atoms with Gasteiger partial charge in [-0.25, -0.2) is 4.98 Å². The zero-order chi connectivity index (χ0) is 20.5.